The maximum Gasteiger partial charge on any atom is 1.00 e. The average molecular weight is 1140 g/mol. The maximum atomic E-state index is 14.6. The summed E-state index contributed by atoms with van der Waals surface area (Å²) in [6.45, 7) is -0.916. The number of nitrogens with zero attached hydrogens (tertiary/aromatic N) is 8. The van der Waals surface area contributed by atoms with E-state index in [0.29, 0.717) is 6.07 Å². The number of hydrogen-bond acceptors (Lipinski definition) is 32. The number of sulfone groups is 2. The zero-order valence-electron chi connectivity index (χ0n) is 36.6. The molecule has 0 atom stereocenters. The summed E-state index contributed by atoms with van der Waals surface area (Å²) in [6, 6.07) is 11.2. The average Bonchev–Trinajstić information content (AvgIpc) is 3.25. The van der Waals surface area contributed by atoms with E-state index in [-0.39, 0.29) is 183 Å². The van der Waals surface area contributed by atoms with Crippen LogP contribution in [0.1, 0.15) is 0 Å². The number of nitrogen functional groups attached to an aromatic ring is 2. The molecule has 0 unspecified atom stereocenters. The second-order valence-corrected chi connectivity index (χ2v) is 20.1. The molecule has 0 bridgehead atoms. The molecule has 0 fully saturated rings. The summed E-state index contributed by atoms with van der Waals surface area (Å²) in [7, 11) is -18.8. The van der Waals surface area contributed by atoms with Gasteiger partial charge in [-0.3, -0.25) is 18.4 Å². The summed E-state index contributed by atoms with van der Waals surface area (Å²) in [5.74, 6) is -2.98. The zero-order chi connectivity index (χ0) is 49.0. The van der Waals surface area contributed by atoms with Gasteiger partial charge in [-0.2, -0.15) is 19.3 Å². The standard InChI is InChI=1S/C30H29FN12O18S6.4Na/c31-28-37-29(34-16-1-4-18(5-2-16)64(46,47)11-9-56-62-60-58-44)39-30(38-28)35-17-3-8-24(66(50,51)52)21(13-17)41-43-23-15-22(26(32)36-27(23)33)42-40-20-7-6-19(14-25(20)67(53,54)55)65(48,49)12-10-57-63-61-59-45;;;;/h1-8,13-15,44-45H,9-12H2,(H4,32,33,36)(H,50,51,52)(H,53,54,55)(H2,34,35,37,38,39);;;;/q;4*+1/p-4. The van der Waals surface area contributed by atoms with Gasteiger partial charge in [-0.05, 0) is 60.7 Å². The third kappa shape index (κ3) is 20.7. The predicted octanol–water partition coefficient (Wildman–Crippen LogP) is -10.1. The van der Waals surface area contributed by atoms with Crippen LogP contribution in [0.3, 0.4) is 0 Å². The minimum atomic E-state index is -5.40. The third-order valence-corrected chi connectivity index (χ3v) is 13.6. The van der Waals surface area contributed by atoms with E-state index in [1.165, 1.54) is 24.3 Å². The first kappa shape index (κ1) is 67.3. The van der Waals surface area contributed by atoms with Crippen LogP contribution in [0.4, 0.5) is 62.0 Å². The fourth-order valence-electron chi connectivity index (χ4n) is 4.87. The van der Waals surface area contributed by atoms with Crippen LogP contribution in [0.2, 0.25) is 0 Å². The molecule has 0 aliphatic carbocycles. The molecule has 5 aromatic rings. The number of pyridine rings is 1. The van der Waals surface area contributed by atoms with E-state index in [4.69, 9.17) is 15.7 Å². The summed E-state index contributed by atoms with van der Waals surface area (Å²) in [4.78, 5) is 12.1. The van der Waals surface area contributed by atoms with Crippen molar-refractivity contribution in [2.45, 2.75) is 19.6 Å². The Balaban J connectivity index is 0.00000630. The molecule has 41 heteroatoms. The fraction of sp³-hybridized carbons (Fsp3) is 0.133. The van der Waals surface area contributed by atoms with Crippen LogP contribution < -0.4 is 151 Å². The van der Waals surface area contributed by atoms with Crippen molar-refractivity contribution < 1.29 is 203 Å². The molecule has 360 valence electrons. The molecule has 0 saturated heterocycles. The largest absolute Gasteiger partial charge is 1.00 e. The van der Waals surface area contributed by atoms with E-state index in [1.807, 2.05) is 0 Å². The van der Waals surface area contributed by atoms with Gasteiger partial charge in [0.15, 0.2) is 56.0 Å². The molecule has 0 radical (unpaired) electrons. The number of halogens is 1. The van der Waals surface area contributed by atoms with Crippen molar-refractivity contribution >= 4 is 122 Å². The van der Waals surface area contributed by atoms with Gasteiger partial charge in [0.1, 0.15) is 43.0 Å². The molecule has 2 heterocycles. The van der Waals surface area contributed by atoms with E-state index < -0.39 is 108 Å². The van der Waals surface area contributed by atoms with E-state index >= 15 is 0 Å². The maximum absolute atomic E-state index is 14.6. The first-order valence-corrected chi connectivity index (χ1v) is 24.6. The minimum absolute atomic E-state index is 0. The summed E-state index contributed by atoms with van der Waals surface area (Å²) < 4.78 is 155. The summed E-state index contributed by atoms with van der Waals surface area (Å²) in [6.07, 6.45) is -1.31. The Morgan fingerprint density at radius 2 is 1.00 bits per heavy atom. The zero-order valence-corrected chi connectivity index (χ0v) is 49.5. The number of aromatic nitrogens is 4. The van der Waals surface area contributed by atoms with Gasteiger partial charge < -0.3 is 41.7 Å². The van der Waals surface area contributed by atoms with Gasteiger partial charge in [0, 0.05) is 17.4 Å². The Hall–Kier alpha value is -1.75. The fourth-order valence-corrected chi connectivity index (χ4v) is 9.01. The van der Waals surface area contributed by atoms with Gasteiger partial charge in [-0.15, -0.1) is 29.1 Å². The molecule has 0 spiro atoms. The predicted molar refractivity (Wildman–Crippen MR) is 219 cm³/mol. The molecule has 0 saturated carbocycles. The van der Waals surface area contributed by atoms with E-state index in [9.17, 15) is 57.7 Å². The van der Waals surface area contributed by atoms with Gasteiger partial charge in [0.05, 0.1) is 44.3 Å². The van der Waals surface area contributed by atoms with Crippen molar-refractivity contribution in [2.75, 3.05) is 46.8 Å². The number of nitrogens with two attached hydrogens (primary N) is 2. The van der Waals surface area contributed by atoms with Gasteiger partial charge in [-0.25, -0.2) is 38.7 Å². The van der Waals surface area contributed by atoms with Crippen molar-refractivity contribution in [3.8, 4) is 0 Å². The van der Waals surface area contributed by atoms with Gasteiger partial charge in [0.2, 0.25) is 11.9 Å². The van der Waals surface area contributed by atoms with Crippen LogP contribution in [0, 0.1) is 6.08 Å². The van der Waals surface area contributed by atoms with Crippen molar-refractivity contribution in [3.63, 3.8) is 0 Å². The Bertz CT molecular complexity index is 3130. The van der Waals surface area contributed by atoms with Crippen LogP contribution in [0.25, 0.3) is 0 Å². The van der Waals surface area contributed by atoms with E-state index in [1.54, 1.807) is 0 Å². The second-order valence-electron chi connectivity index (χ2n) is 12.1. The molecule has 5 rings (SSSR count). The SMILES string of the molecule is Nc1nc(N)c(N=Nc2ccc(S(=O)(=O)CCOSOO[O-])cc2S(=O)(=O)[O-])cc1N=Nc1cc(Nc2nc(F)nc(Nc3ccc(S(=O)(=O)CCOSOO[O-])cc3)n2)ccc1S(=O)(=O)[O-].[Na+].[Na+].[Na+].[Na+]. The molecular formula is C30H25FN12Na4O18S6. The molecular weight excluding hydrogens is 1120 g/mol. The number of azo groups is 2. The molecule has 0 amide bonds. The van der Waals surface area contributed by atoms with Gasteiger partial charge in [0.25, 0.3) is 0 Å². The van der Waals surface area contributed by atoms with Crippen LogP contribution >= 0.6 is 24.6 Å². The number of benzene rings is 3. The Labute approximate surface area is 498 Å². The van der Waals surface area contributed by atoms with Gasteiger partial charge >= 0.3 is 124 Å². The van der Waals surface area contributed by atoms with Crippen LogP contribution in [-0.2, 0) is 67.0 Å². The smallest absolute Gasteiger partial charge is 0.744 e. The first-order chi connectivity index (χ1) is 31.6. The molecule has 71 heavy (non-hydrogen) atoms. The Morgan fingerprint density at radius 3 is 1.51 bits per heavy atom. The molecule has 0 aliphatic rings. The summed E-state index contributed by atoms with van der Waals surface area (Å²) >= 11 is 0.168. The molecule has 6 N–H and O–H groups in total. The second kappa shape index (κ2) is 30.7. The van der Waals surface area contributed by atoms with Crippen molar-refractivity contribution in [1.82, 2.24) is 19.9 Å². The van der Waals surface area contributed by atoms with E-state index in [0.717, 1.165) is 36.4 Å². The van der Waals surface area contributed by atoms with Crippen molar-refractivity contribution in [2.24, 2.45) is 20.5 Å². The molecule has 30 nitrogen and oxygen atoms in total. The van der Waals surface area contributed by atoms with Crippen molar-refractivity contribution in [1.29, 1.82) is 0 Å². The molecule has 3 aromatic carbocycles. The number of rotatable bonds is 24. The quantitative estimate of drug-likeness (QED) is 0.00848. The summed E-state index contributed by atoms with van der Waals surface area (Å²) in [5, 5.41) is 46.0. The van der Waals surface area contributed by atoms with E-state index in [2.05, 4.69) is 74.0 Å². The first-order valence-electron chi connectivity index (χ1n) is 17.2. The number of hydrogen-bond donors (Lipinski definition) is 4. The van der Waals surface area contributed by atoms with Crippen LogP contribution in [0.15, 0.2) is 107 Å². The molecule has 0 aliphatic heterocycles. The number of anilines is 6. The minimum Gasteiger partial charge on any atom is -0.744 e. The summed E-state index contributed by atoms with van der Waals surface area (Å²) in [5.41, 5.74) is 9.88. The Kier molecular flexibility index (Phi) is 29.1. The molecule has 2 aromatic heterocycles. The van der Waals surface area contributed by atoms with Crippen LogP contribution in [0.5, 0.6) is 0 Å². The topological polar surface area (TPSA) is 461 Å². The van der Waals surface area contributed by atoms with Gasteiger partial charge in [-0.1, -0.05) is 0 Å². The van der Waals surface area contributed by atoms with Crippen molar-refractivity contribution in [3.05, 3.63) is 72.8 Å². The monoisotopic (exact) mass is 1140 g/mol. The third-order valence-electron chi connectivity index (χ3n) is 7.77. The van der Waals surface area contributed by atoms with Crippen LogP contribution in [-0.4, -0.2) is 87.4 Å². The normalized spacial score (nSPS) is 11.8. The Morgan fingerprint density at radius 1 is 0.549 bits per heavy atom. The number of nitrogens with one attached hydrogen (secondary N) is 2.